The topological polar surface area (TPSA) is 123 Å². The highest BCUT2D eigenvalue weighted by atomic mass is 19.4. The molecule has 0 saturated carbocycles. The number of aliphatic hydroxyl groups excluding tert-OH is 1. The Balaban J connectivity index is 1.87. The van der Waals surface area contributed by atoms with Gasteiger partial charge in [0.05, 0.1) is 12.2 Å². The van der Waals surface area contributed by atoms with Gasteiger partial charge >= 0.3 is 18.2 Å². The number of alkyl carbamates (subject to hydrolysis) is 1. The van der Waals surface area contributed by atoms with E-state index in [-0.39, 0.29) is 17.8 Å². The zero-order valence-corrected chi connectivity index (χ0v) is 22.4. The molecule has 2 N–H and O–H groups in total. The number of imidazole rings is 1. The number of hydrogen-bond acceptors (Lipinski definition) is 7. The van der Waals surface area contributed by atoms with Crippen LogP contribution in [0.3, 0.4) is 0 Å². The fourth-order valence-corrected chi connectivity index (χ4v) is 4.15. The zero-order valence-electron chi connectivity index (χ0n) is 22.4. The van der Waals surface area contributed by atoms with Crippen LogP contribution >= 0.6 is 0 Å². The Hall–Kier alpha value is -3.82. The molecule has 1 aliphatic heterocycles. The van der Waals surface area contributed by atoms with Crippen LogP contribution in [0.15, 0.2) is 12.1 Å². The van der Waals surface area contributed by atoms with E-state index in [1.54, 1.807) is 20.8 Å². The molecule has 3 rings (SSSR count). The summed E-state index contributed by atoms with van der Waals surface area (Å²) < 4.78 is 92.8. The molecule has 16 heteroatoms. The summed E-state index contributed by atoms with van der Waals surface area (Å²) in [5.41, 5.74) is -2.36. The van der Waals surface area contributed by atoms with Gasteiger partial charge in [-0.15, -0.1) is 0 Å². The molecule has 0 spiro atoms. The Morgan fingerprint density at radius 2 is 1.71 bits per heavy atom. The van der Waals surface area contributed by atoms with Crippen LogP contribution < -0.4 is 5.32 Å². The fraction of sp³-hybridized carbons (Fsp3) is 0.520. The minimum Gasteiger partial charge on any atom is -0.444 e. The van der Waals surface area contributed by atoms with Crippen LogP contribution in [-0.4, -0.2) is 62.0 Å². The number of carbonyl (C=O) groups excluding carboxylic acids is 3. The molecule has 226 valence electrons. The molecule has 2 atom stereocenters. The molecule has 0 bridgehead atoms. The maximum Gasteiger partial charge on any atom is 0.449 e. The van der Waals surface area contributed by atoms with Gasteiger partial charge in [0, 0.05) is 31.6 Å². The first kappa shape index (κ1) is 31.7. The van der Waals surface area contributed by atoms with Gasteiger partial charge in [-0.1, -0.05) is 0 Å². The standard InChI is InChI=1S/C25H28F6N4O6/c1-12(36)40-21(38)20-18-11-34(5-6-35(18)22(33-20)25(29,30)31)19(37)9-14(32-23(39)41-24(2,3)4)7-13-8-16(27)17(28)10-15(13)26/h8,10,12,14,36H,5-7,9,11H2,1-4H3,(H,32,39)/t12?,14-/m1/s1. The monoisotopic (exact) mass is 594 g/mol. The maximum atomic E-state index is 14.4. The molecular weight excluding hydrogens is 566 g/mol. The third-order valence-electron chi connectivity index (χ3n) is 5.78. The van der Waals surface area contributed by atoms with Crippen molar-refractivity contribution in [3.63, 3.8) is 0 Å². The van der Waals surface area contributed by atoms with Crippen molar-refractivity contribution in [2.75, 3.05) is 6.54 Å². The van der Waals surface area contributed by atoms with Gasteiger partial charge in [0.2, 0.25) is 11.7 Å². The second-order valence-corrected chi connectivity index (χ2v) is 10.3. The Morgan fingerprint density at radius 1 is 1.07 bits per heavy atom. The van der Waals surface area contributed by atoms with E-state index in [0.29, 0.717) is 12.1 Å². The van der Waals surface area contributed by atoms with E-state index in [9.17, 15) is 45.8 Å². The predicted molar refractivity (Wildman–Crippen MR) is 128 cm³/mol. The average Bonchev–Trinajstić information content (AvgIpc) is 3.20. The number of aromatic nitrogens is 2. The zero-order chi connectivity index (χ0) is 30.9. The average molecular weight is 595 g/mol. The van der Waals surface area contributed by atoms with Crippen LogP contribution in [0.25, 0.3) is 0 Å². The summed E-state index contributed by atoms with van der Waals surface area (Å²) in [6.07, 6.45) is -8.60. The van der Waals surface area contributed by atoms with Crippen LogP contribution in [-0.2, 0) is 40.0 Å². The summed E-state index contributed by atoms with van der Waals surface area (Å²) in [5.74, 6) is -7.39. The van der Waals surface area contributed by atoms with Crippen molar-refractivity contribution in [1.82, 2.24) is 19.8 Å². The van der Waals surface area contributed by atoms with Crippen molar-refractivity contribution in [2.24, 2.45) is 0 Å². The van der Waals surface area contributed by atoms with Gasteiger partial charge in [0.15, 0.2) is 23.6 Å². The first-order valence-corrected chi connectivity index (χ1v) is 12.3. The minimum absolute atomic E-state index is 0.255. The lowest BCUT2D eigenvalue weighted by atomic mass is 10.0. The first-order valence-electron chi connectivity index (χ1n) is 12.3. The van der Waals surface area contributed by atoms with Gasteiger partial charge in [-0.2, -0.15) is 13.2 Å². The molecule has 1 aromatic carbocycles. The van der Waals surface area contributed by atoms with Crippen LogP contribution in [0.2, 0.25) is 0 Å². The van der Waals surface area contributed by atoms with E-state index in [4.69, 9.17) is 4.74 Å². The molecular formula is C25H28F6N4O6. The lowest BCUT2D eigenvalue weighted by Crippen LogP contribution is -2.45. The molecule has 2 amide bonds. The van der Waals surface area contributed by atoms with Gasteiger partial charge in [0.1, 0.15) is 11.4 Å². The number of aliphatic hydroxyl groups is 1. The molecule has 0 saturated heterocycles. The number of nitrogens with one attached hydrogen (secondary N) is 1. The van der Waals surface area contributed by atoms with Gasteiger partial charge in [0.25, 0.3) is 0 Å². The van der Waals surface area contributed by atoms with Crippen molar-refractivity contribution in [2.45, 2.75) is 77.7 Å². The summed E-state index contributed by atoms with van der Waals surface area (Å²) >= 11 is 0. The number of ether oxygens (including phenoxy) is 2. The quantitative estimate of drug-likeness (QED) is 0.217. The SMILES string of the molecule is CC(O)OC(=O)c1nc(C(F)(F)F)n2c1CN(C(=O)C[C@@H](Cc1cc(F)c(F)cc1F)NC(=O)OC(C)(C)C)CC2. The Morgan fingerprint density at radius 3 is 2.29 bits per heavy atom. The molecule has 41 heavy (non-hydrogen) atoms. The lowest BCUT2D eigenvalue weighted by Gasteiger charge is -2.31. The normalized spacial score (nSPS) is 15.1. The predicted octanol–water partition coefficient (Wildman–Crippen LogP) is 3.68. The van der Waals surface area contributed by atoms with Gasteiger partial charge in [-0.25, -0.2) is 27.7 Å². The van der Waals surface area contributed by atoms with Gasteiger partial charge in [-0.3, -0.25) is 4.79 Å². The van der Waals surface area contributed by atoms with Crippen molar-refractivity contribution in [3.05, 3.63) is 52.4 Å². The Bertz CT molecular complexity index is 1320. The molecule has 0 fully saturated rings. The number of hydrogen-bond donors (Lipinski definition) is 2. The number of fused-ring (bicyclic) bond motifs is 1. The van der Waals surface area contributed by atoms with Crippen LogP contribution in [0.1, 0.15) is 61.7 Å². The molecule has 0 aliphatic carbocycles. The molecule has 1 aromatic heterocycles. The van der Waals surface area contributed by atoms with E-state index in [2.05, 4.69) is 15.0 Å². The van der Waals surface area contributed by atoms with Crippen molar-refractivity contribution in [1.29, 1.82) is 0 Å². The number of halogens is 6. The second kappa shape index (κ2) is 12.0. The van der Waals surface area contributed by atoms with Crippen LogP contribution in [0.5, 0.6) is 0 Å². The van der Waals surface area contributed by atoms with E-state index in [1.807, 2.05) is 0 Å². The summed E-state index contributed by atoms with van der Waals surface area (Å²) in [6.45, 7) is 4.57. The highest BCUT2D eigenvalue weighted by Gasteiger charge is 2.42. The number of esters is 1. The summed E-state index contributed by atoms with van der Waals surface area (Å²) in [6, 6.07) is -0.319. The summed E-state index contributed by atoms with van der Waals surface area (Å²) in [7, 11) is 0. The molecule has 10 nitrogen and oxygen atoms in total. The number of carbonyl (C=O) groups is 3. The van der Waals surface area contributed by atoms with Gasteiger partial charge in [-0.05, 0) is 45.7 Å². The molecule has 0 radical (unpaired) electrons. The molecule has 2 aromatic rings. The number of benzene rings is 1. The largest absolute Gasteiger partial charge is 0.449 e. The number of nitrogens with zero attached hydrogens (tertiary/aromatic N) is 3. The number of amides is 2. The third kappa shape index (κ3) is 8.11. The maximum absolute atomic E-state index is 14.4. The van der Waals surface area contributed by atoms with E-state index >= 15 is 0 Å². The summed E-state index contributed by atoms with van der Waals surface area (Å²) in [4.78, 5) is 42.5. The molecule has 1 aliphatic rings. The molecule has 2 heterocycles. The third-order valence-corrected chi connectivity index (χ3v) is 5.78. The van der Waals surface area contributed by atoms with Crippen LogP contribution in [0.4, 0.5) is 31.1 Å². The first-order chi connectivity index (χ1) is 18.9. The van der Waals surface area contributed by atoms with E-state index in [0.717, 1.165) is 16.4 Å². The Kier molecular flexibility index (Phi) is 9.25. The van der Waals surface area contributed by atoms with E-state index < -0.39 is 97.0 Å². The fourth-order valence-electron chi connectivity index (χ4n) is 4.15. The van der Waals surface area contributed by atoms with E-state index in [1.165, 1.54) is 0 Å². The number of rotatable bonds is 7. The highest BCUT2D eigenvalue weighted by molar-refractivity contribution is 5.89. The second-order valence-electron chi connectivity index (χ2n) is 10.3. The van der Waals surface area contributed by atoms with Crippen LogP contribution in [0, 0.1) is 17.5 Å². The number of alkyl halides is 3. The highest BCUT2D eigenvalue weighted by Crippen LogP contribution is 2.33. The molecule has 1 unspecified atom stereocenters. The smallest absolute Gasteiger partial charge is 0.444 e. The van der Waals surface area contributed by atoms with Crippen molar-refractivity contribution >= 4 is 18.0 Å². The Labute approximate surface area is 230 Å². The lowest BCUT2D eigenvalue weighted by molar-refractivity contribution is -0.148. The minimum atomic E-state index is -4.94. The van der Waals surface area contributed by atoms with Crippen molar-refractivity contribution in [3.8, 4) is 0 Å². The van der Waals surface area contributed by atoms with Crippen molar-refractivity contribution < 1.29 is 55.3 Å². The summed E-state index contributed by atoms with van der Waals surface area (Å²) in [5, 5.41) is 11.7. The van der Waals surface area contributed by atoms with Gasteiger partial charge < -0.3 is 29.4 Å².